The molecule has 1 aliphatic heterocycles. The van der Waals surface area contributed by atoms with Crippen LogP contribution in [0.1, 0.15) is 32.6 Å². The van der Waals surface area contributed by atoms with E-state index in [-0.39, 0.29) is 16.7 Å². The van der Waals surface area contributed by atoms with Gasteiger partial charge in [0.2, 0.25) is 20.0 Å². The van der Waals surface area contributed by atoms with E-state index in [4.69, 9.17) is 0 Å². The molecule has 142 valence electrons. The first-order valence-electron chi connectivity index (χ1n) is 8.55. The van der Waals surface area contributed by atoms with Gasteiger partial charge in [0.25, 0.3) is 0 Å². The molecule has 1 fully saturated rings. The second kappa shape index (κ2) is 8.48. The highest BCUT2D eigenvalue weighted by atomic mass is 32.2. The van der Waals surface area contributed by atoms with Crippen LogP contribution >= 0.6 is 0 Å². The first kappa shape index (κ1) is 20.2. The van der Waals surface area contributed by atoms with Gasteiger partial charge in [-0.3, -0.25) is 4.72 Å². The summed E-state index contributed by atoms with van der Waals surface area (Å²) >= 11 is 0. The van der Waals surface area contributed by atoms with Crippen molar-refractivity contribution in [3.05, 3.63) is 24.3 Å². The lowest BCUT2D eigenvalue weighted by molar-refractivity contribution is 0.296. The number of hydrogen-bond donors (Lipinski definition) is 2. The molecular weight excluding hydrogens is 362 g/mol. The van der Waals surface area contributed by atoms with Gasteiger partial charge in [-0.25, -0.2) is 16.8 Å². The number of nitrogens with zero attached hydrogens (tertiary/aromatic N) is 1. The summed E-state index contributed by atoms with van der Waals surface area (Å²) in [4.78, 5) is 0.171. The van der Waals surface area contributed by atoms with Gasteiger partial charge < -0.3 is 5.32 Å². The SMILES string of the molecule is CCCCS(=O)(=O)Nc1ccc(S(=O)(=O)N(C)C2CCNCC2)cc1. The minimum atomic E-state index is -3.58. The molecule has 0 saturated carbocycles. The molecule has 1 aliphatic rings. The van der Waals surface area contributed by atoms with Crippen molar-refractivity contribution in [2.75, 3.05) is 30.6 Å². The minimum absolute atomic E-state index is 0.0153. The standard InChI is InChI=1S/C16H27N3O4S2/c1-3-4-13-24(20,21)18-14-5-7-16(8-6-14)25(22,23)19(2)15-9-11-17-12-10-15/h5-8,15,17-18H,3-4,9-13H2,1-2H3. The molecule has 0 bridgehead atoms. The van der Waals surface area contributed by atoms with Crippen LogP contribution in [0.2, 0.25) is 0 Å². The summed E-state index contributed by atoms with van der Waals surface area (Å²) in [6.45, 7) is 3.54. The molecule has 7 nitrogen and oxygen atoms in total. The Morgan fingerprint density at radius 2 is 1.72 bits per heavy atom. The van der Waals surface area contributed by atoms with E-state index in [0.29, 0.717) is 12.1 Å². The highest BCUT2D eigenvalue weighted by molar-refractivity contribution is 7.92. The van der Waals surface area contributed by atoms with E-state index in [2.05, 4.69) is 10.0 Å². The number of nitrogens with one attached hydrogen (secondary N) is 2. The van der Waals surface area contributed by atoms with E-state index in [1.54, 1.807) is 7.05 Å². The van der Waals surface area contributed by atoms with Crippen LogP contribution in [0.15, 0.2) is 29.2 Å². The van der Waals surface area contributed by atoms with Crippen molar-refractivity contribution in [1.82, 2.24) is 9.62 Å². The summed E-state index contributed by atoms with van der Waals surface area (Å²) in [7, 11) is -5.38. The van der Waals surface area contributed by atoms with Gasteiger partial charge in [-0.2, -0.15) is 4.31 Å². The van der Waals surface area contributed by atoms with Gasteiger partial charge >= 0.3 is 0 Å². The van der Waals surface area contributed by atoms with E-state index in [0.717, 1.165) is 32.4 Å². The maximum absolute atomic E-state index is 12.7. The van der Waals surface area contributed by atoms with Crippen LogP contribution in [0, 0.1) is 0 Å². The fraction of sp³-hybridized carbons (Fsp3) is 0.625. The molecule has 0 atom stereocenters. The molecule has 0 unspecified atom stereocenters. The van der Waals surface area contributed by atoms with E-state index >= 15 is 0 Å². The largest absolute Gasteiger partial charge is 0.317 e. The van der Waals surface area contributed by atoms with Gasteiger partial charge in [-0.15, -0.1) is 0 Å². The zero-order chi connectivity index (χ0) is 18.5. The Labute approximate surface area is 150 Å². The molecule has 1 heterocycles. The van der Waals surface area contributed by atoms with Crippen molar-refractivity contribution in [1.29, 1.82) is 0 Å². The van der Waals surface area contributed by atoms with E-state index in [9.17, 15) is 16.8 Å². The molecule has 0 aromatic heterocycles. The average Bonchev–Trinajstić information content (AvgIpc) is 2.60. The number of sulfonamides is 2. The number of unbranched alkanes of at least 4 members (excludes halogenated alkanes) is 1. The predicted molar refractivity (Wildman–Crippen MR) is 99.6 cm³/mol. The van der Waals surface area contributed by atoms with Gasteiger partial charge in [0.1, 0.15) is 0 Å². The fourth-order valence-corrected chi connectivity index (χ4v) is 5.47. The summed E-state index contributed by atoms with van der Waals surface area (Å²) < 4.78 is 53.2. The Balaban J connectivity index is 2.10. The summed E-state index contributed by atoms with van der Waals surface area (Å²) in [5.41, 5.74) is 0.375. The van der Waals surface area contributed by atoms with Crippen molar-refractivity contribution < 1.29 is 16.8 Å². The number of anilines is 1. The quantitative estimate of drug-likeness (QED) is 0.704. The number of hydrogen-bond acceptors (Lipinski definition) is 5. The lowest BCUT2D eigenvalue weighted by Crippen LogP contribution is -2.43. The fourth-order valence-electron chi connectivity index (χ4n) is 2.79. The molecule has 0 amide bonds. The van der Waals surface area contributed by atoms with Crippen LogP contribution in [0.5, 0.6) is 0 Å². The maximum Gasteiger partial charge on any atom is 0.243 e. The molecule has 9 heteroatoms. The summed E-state index contributed by atoms with van der Waals surface area (Å²) in [6, 6.07) is 5.87. The molecule has 2 rings (SSSR count). The van der Waals surface area contributed by atoms with Gasteiger partial charge in [-0.05, 0) is 56.6 Å². The Morgan fingerprint density at radius 1 is 1.12 bits per heavy atom. The summed E-state index contributed by atoms with van der Waals surface area (Å²) in [5.74, 6) is 0.0575. The van der Waals surface area contributed by atoms with Crippen molar-refractivity contribution >= 4 is 25.7 Å². The third kappa shape index (κ3) is 5.40. The zero-order valence-corrected chi connectivity index (χ0v) is 16.4. The van der Waals surface area contributed by atoms with Crippen LogP contribution in [-0.4, -0.2) is 53.1 Å². The van der Waals surface area contributed by atoms with Crippen molar-refractivity contribution in [3.8, 4) is 0 Å². The lowest BCUT2D eigenvalue weighted by Gasteiger charge is -2.30. The molecule has 1 saturated heterocycles. The van der Waals surface area contributed by atoms with Gasteiger partial charge in [0.05, 0.1) is 10.6 Å². The van der Waals surface area contributed by atoms with Crippen molar-refractivity contribution in [2.45, 2.75) is 43.5 Å². The second-order valence-corrected chi connectivity index (χ2v) is 10.1. The monoisotopic (exact) mass is 389 g/mol. The van der Waals surface area contributed by atoms with E-state index < -0.39 is 20.0 Å². The average molecular weight is 390 g/mol. The highest BCUT2D eigenvalue weighted by Gasteiger charge is 2.28. The summed E-state index contributed by atoms with van der Waals surface area (Å²) in [6.07, 6.45) is 2.94. The van der Waals surface area contributed by atoms with Gasteiger partial charge in [-0.1, -0.05) is 13.3 Å². The Hall–Kier alpha value is -1.16. The Kier molecular flexibility index (Phi) is 6.84. The number of piperidine rings is 1. The van der Waals surface area contributed by atoms with E-state index in [1.165, 1.54) is 28.6 Å². The first-order chi connectivity index (χ1) is 11.8. The molecular formula is C16H27N3O4S2. The number of benzene rings is 1. The lowest BCUT2D eigenvalue weighted by atomic mass is 10.1. The highest BCUT2D eigenvalue weighted by Crippen LogP contribution is 2.22. The van der Waals surface area contributed by atoms with Crippen LogP contribution in [0.25, 0.3) is 0 Å². The number of rotatable bonds is 8. The van der Waals surface area contributed by atoms with Crippen LogP contribution in [0.3, 0.4) is 0 Å². The minimum Gasteiger partial charge on any atom is -0.317 e. The molecule has 2 N–H and O–H groups in total. The molecule has 25 heavy (non-hydrogen) atoms. The van der Waals surface area contributed by atoms with Crippen molar-refractivity contribution in [3.63, 3.8) is 0 Å². The second-order valence-electron chi connectivity index (χ2n) is 6.30. The normalized spacial score (nSPS) is 16.9. The molecule has 0 radical (unpaired) electrons. The van der Waals surface area contributed by atoms with Crippen LogP contribution in [-0.2, 0) is 20.0 Å². The maximum atomic E-state index is 12.7. The third-order valence-electron chi connectivity index (χ3n) is 4.39. The molecule has 0 spiro atoms. The van der Waals surface area contributed by atoms with E-state index in [1.807, 2.05) is 6.92 Å². The Bertz CT molecular complexity index is 755. The molecule has 1 aromatic carbocycles. The molecule has 1 aromatic rings. The summed E-state index contributed by atoms with van der Waals surface area (Å²) in [5, 5.41) is 3.22. The van der Waals surface area contributed by atoms with Crippen molar-refractivity contribution in [2.24, 2.45) is 0 Å². The topological polar surface area (TPSA) is 95.6 Å². The smallest absolute Gasteiger partial charge is 0.243 e. The Morgan fingerprint density at radius 3 is 2.28 bits per heavy atom. The van der Waals surface area contributed by atoms with Gasteiger partial charge in [0.15, 0.2) is 0 Å². The van der Waals surface area contributed by atoms with Crippen LogP contribution < -0.4 is 10.0 Å². The first-order valence-corrected chi connectivity index (χ1v) is 11.6. The van der Waals surface area contributed by atoms with Crippen LogP contribution in [0.4, 0.5) is 5.69 Å². The zero-order valence-electron chi connectivity index (χ0n) is 14.7. The predicted octanol–water partition coefficient (Wildman–Crippen LogP) is 1.60. The van der Waals surface area contributed by atoms with Gasteiger partial charge in [0, 0.05) is 18.8 Å². The molecule has 0 aliphatic carbocycles. The third-order valence-corrected chi connectivity index (χ3v) is 7.69.